The second-order valence-electron chi connectivity index (χ2n) is 4.87. The maximum Gasteiger partial charge on any atom is 0.304 e. The summed E-state index contributed by atoms with van der Waals surface area (Å²) in [5, 5.41) is 11.1. The standard InChI is InChI=1S/C13H20N2O2S/c1-14-4-6-15(7-5-14)11(10-13(16)17)9-12-3-2-8-18-12/h2-3,8,11H,4-7,9-10H2,1H3,(H,16,17). The number of hydrogen-bond donors (Lipinski definition) is 1. The Bertz CT molecular complexity index is 372. The lowest BCUT2D eigenvalue weighted by Crippen LogP contribution is -2.50. The van der Waals surface area contributed by atoms with Gasteiger partial charge in [-0.05, 0) is 24.9 Å². The molecule has 1 aromatic heterocycles. The van der Waals surface area contributed by atoms with Crippen molar-refractivity contribution in [2.75, 3.05) is 33.2 Å². The molecule has 0 bridgehead atoms. The lowest BCUT2D eigenvalue weighted by Gasteiger charge is -2.37. The van der Waals surface area contributed by atoms with E-state index in [1.807, 2.05) is 6.07 Å². The van der Waals surface area contributed by atoms with Gasteiger partial charge in [-0.1, -0.05) is 6.07 Å². The van der Waals surface area contributed by atoms with E-state index in [0.717, 1.165) is 32.6 Å². The highest BCUT2D eigenvalue weighted by molar-refractivity contribution is 7.09. The van der Waals surface area contributed by atoms with Gasteiger partial charge in [-0.2, -0.15) is 0 Å². The van der Waals surface area contributed by atoms with Crippen LogP contribution in [0, 0.1) is 0 Å². The van der Waals surface area contributed by atoms with E-state index in [1.54, 1.807) is 11.3 Å². The van der Waals surface area contributed by atoms with Gasteiger partial charge in [0.05, 0.1) is 6.42 Å². The molecule has 2 heterocycles. The molecule has 1 unspecified atom stereocenters. The molecule has 1 aliphatic rings. The molecule has 1 atom stereocenters. The van der Waals surface area contributed by atoms with Crippen LogP contribution < -0.4 is 0 Å². The van der Waals surface area contributed by atoms with Crippen LogP contribution in [-0.4, -0.2) is 60.1 Å². The zero-order chi connectivity index (χ0) is 13.0. The molecular weight excluding hydrogens is 248 g/mol. The Morgan fingerprint density at radius 2 is 2.17 bits per heavy atom. The van der Waals surface area contributed by atoms with Crippen LogP contribution in [0.3, 0.4) is 0 Å². The molecule has 18 heavy (non-hydrogen) atoms. The largest absolute Gasteiger partial charge is 0.481 e. The Morgan fingerprint density at radius 1 is 1.44 bits per heavy atom. The summed E-state index contributed by atoms with van der Waals surface area (Å²) in [7, 11) is 2.11. The van der Waals surface area contributed by atoms with E-state index < -0.39 is 5.97 Å². The molecule has 1 saturated heterocycles. The van der Waals surface area contributed by atoms with E-state index in [4.69, 9.17) is 5.11 Å². The van der Waals surface area contributed by atoms with Crippen molar-refractivity contribution >= 4 is 17.3 Å². The molecule has 0 spiro atoms. The highest BCUT2D eigenvalue weighted by atomic mass is 32.1. The predicted octanol–water partition coefficient (Wildman–Crippen LogP) is 1.38. The van der Waals surface area contributed by atoms with Crippen molar-refractivity contribution in [3.63, 3.8) is 0 Å². The molecule has 100 valence electrons. The van der Waals surface area contributed by atoms with Gasteiger partial charge in [0.1, 0.15) is 0 Å². The molecule has 0 aromatic carbocycles. The van der Waals surface area contributed by atoms with Gasteiger partial charge in [-0.3, -0.25) is 9.69 Å². The summed E-state index contributed by atoms with van der Waals surface area (Å²) in [4.78, 5) is 16.9. The summed E-state index contributed by atoms with van der Waals surface area (Å²) < 4.78 is 0. The summed E-state index contributed by atoms with van der Waals surface area (Å²) in [6.45, 7) is 4.00. The third kappa shape index (κ3) is 3.80. The Labute approximate surface area is 112 Å². The third-order valence-corrected chi connectivity index (χ3v) is 4.38. The number of aliphatic carboxylic acids is 1. The first kappa shape index (κ1) is 13.5. The van der Waals surface area contributed by atoms with Gasteiger partial charge in [-0.15, -0.1) is 11.3 Å². The van der Waals surface area contributed by atoms with Gasteiger partial charge < -0.3 is 10.0 Å². The fraction of sp³-hybridized carbons (Fsp3) is 0.615. The lowest BCUT2D eigenvalue weighted by molar-refractivity contribution is -0.138. The summed E-state index contributed by atoms with van der Waals surface area (Å²) in [6.07, 6.45) is 1.09. The van der Waals surface area contributed by atoms with Crippen molar-refractivity contribution in [1.82, 2.24) is 9.80 Å². The maximum atomic E-state index is 11.0. The normalized spacial score (nSPS) is 19.8. The number of rotatable bonds is 5. The van der Waals surface area contributed by atoms with E-state index in [9.17, 15) is 4.79 Å². The van der Waals surface area contributed by atoms with Crippen molar-refractivity contribution in [3.8, 4) is 0 Å². The number of carboxylic acid groups (broad SMARTS) is 1. The molecule has 1 fully saturated rings. The summed E-state index contributed by atoms with van der Waals surface area (Å²) in [6, 6.07) is 4.26. The number of hydrogen-bond acceptors (Lipinski definition) is 4. The summed E-state index contributed by atoms with van der Waals surface area (Å²) in [5.74, 6) is -0.699. The summed E-state index contributed by atoms with van der Waals surface area (Å²) in [5.41, 5.74) is 0. The highest BCUT2D eigenvalue weighted by Gasteiger charge is 2.24. The van der Waals surface area contributed by atoms with Crippen LogP contribution >= 0.6 is 11.3 Å². The number of carboxylic acids is 1. The van der Waals surface area contributed by atoms with Crippen molar-refractivity contribution in [3.05, 3.63) is 22.4 Å². The van der Waals surface area contributed by atoms with Crippen molar-refractivity contribution in [2.24, 2.45) is 0 Å². The third-order valence-electron chi connectivity index (χ3n) is 3.48. The monoisotopic (exact) mass is 268 g/mol. The number of thiophene rings is 1. The molecule has 2 rings (SSSR count). The van der Waals surface area contributed by atoms with Gasteiger partial charge in [0.15, 0.2) is 0 Å². The van der Waals surface area contributed by atoms with Crippen molar-refractivity contribution < 1.29 is 9.90 Å². The average molecular weight is 268 g/mol. The Hall–Kier alpha value is -0.910. The molecule has 1 N–H and O–H groups in total. The fourth-order valence-corrected chi connectivity index (χ4v) is 3.16. The first-order chi connectivity index (χ1) is 8.65. The Balaban J connectivity index is 1.98. The molecule has 5 heteroatoms. The highest BCUT2D eigenvalue weighted by Crippen LogP contribution is 2.18. The fourth-order valence-electron chi connectivity index (χ4n) is 2.38. The first-order valence-corrected chi connectivity index (χ1v) is 7.20. The minimum Gasteiger partial charge on any atom is -0.481 e. The molecule has 0 saturated carbocycles. The van der Waals surface area contributed by atoms with E-state index in [-0.39, 0.29) is 12.5 Å². The van der Waals surface area contributed by atoms with Gasteiger partial charge in [-0.25, -0.2) is 0 Å². The van der Waals surface area contributed by atoms with Crippen LogP contribution in [0.5, 0.6) is 0 Å². The molecule has 0 aliphatic carbocycles. The van der Waals surface area contributed by atoms with Crippen molar-refractivity contribution in [1.29, 1.82) is 0 Å². The maximum absolute atomic E-state index is 11.0. The first-order valence-electron chi connectivity index (χ1n) is 6.32. The number of likely N-dealkylation sites (N-methyl/N-ethyl adjacent to an activating group) is 1. The Kier molecular flexibility index (Phi) is 4.74. The Morgan fingerprint density at radius 3 is 2.72 bits per heavy atom. The minimum absolute atomic E-state index is 0.134. The number of nitrogens with zero attached hydrogens (tertiary/aromatic N) is 2. The van der Waals surface area contributed by atoms with E-state index in [0.29, 0.717) is 0 Å². The molecular formula is C13H20N2O2S. The SMILES string of the molecule is CN1CCN(C(CC(=O)O)Cc2cccs2)CC1. The molecule has 1 aromatic rings. The molecule has 0 radical (unpaired) electrons. The van der Waals surface area contributed by atoms with Crippen LogP contribution in [0.2, 0.25) is 0 Å². The van der Waals surface area contributed by atoms with Crippen molar-refractivity contribution in [2.45, 2.75) is 18.9 Å². The van der Waals surface area contributed by atoms with Crippen LogP contribution in [-0.2, 0) is 11.2 Å². The van der Waals surface area contributed by atoms with Crippen LogP contribution in [0.15, 0.2) is 17.5 Å². The second kappa shape index (κ2) is 6.31. The average Bonchev–Trinajstić information content (AvgIpc) is 2.81. The summed E-state index contributed by atoms with van der Waals surface area (Å²) >= 11 is 1.71. The number of piperazine rings is 1. The van der Waals surface area contributed by atoms with Crippen LogP contribution in [0.1, 0.15) is 11.3 Å². The van der Waals surface area contributed by atoms with Crippen LogP contribution in [0.4, 0.5) is 0 Å². The molecule has 4 nitrogen and oxygen atoms in total. The van der Waals surface area contributed by atoms with E-state index >= 15 is 0 Å². The predicted molar refractivity (Wildman–Crippen MR) is 73.1 cm³/mol. The molecule has 1 aliphatic heterocycles. The number of carbonyl (C=O) groups is 1. The second-order valence-corrected chi connectivity index (χ2v) is 5.91. The topological polar surface area (TPSA) is 43.8 Å². The van der Waals surface area contributed by atoms with E-state index in [1.165, 1.54) is 4.88 Å². The smallest absolute Gasteiger partial charge is 0.304 e. The van der Waals surface area contributed by atoms with E-state index in [2.05, 4.69) is 28.3 Å². The quantitative estimate of drug-likeness (QED) is 0.876. The van der Waals surface area contributed by atoms with Gasteiger partial charge in [0.2, 0.25) is 0 Å². The minimum atomic E-state index is -0.699. The lowest BCUT2D eigenvalue weighted by atomic mass is 10.1. The zero-order valence-electron chi connectivity index (χ0n) is 10.7. The van der Waals surface area contributed by atoms with Gasteiger partial charge in [0.25, 0.3) is 0 Å². The zero-order valence-corrected chi connectivity index (χ0v) is 11.5. The molecule has 0 amide bonds. The van der Waals surface area contributed by atoms with Gasteiger partial charge in [0, 0.05) is 37.1 Å². The van der Waals surface area contributed by atoms with Crippen LogP contribution in [0.25, 0.3) is 0 Å². The van der Waals surface area contributed by atoms with Gasteiger partial charge >= 0.3 is 5.97 Å².